The molecular weight excluding hydrogens is 310 g/mol. The molecule has 0 spiro atoms. The highest BCUT2D eigenvalue weighted by molar-refractivity contribution is 7.86. The van der Waals surface area contributed by atoms with Gasteiger partial charge in [0.25, 0.3) is 10.2 Å². The summed E-state index contributed by atoms with van der Waals surface area (Å²) >= 11 is 0. The van der Waals surface area contributed by atoms with Crippen molar-refractivity contribution in [3.05, 3.63) is 0 Å². The quantitative estimate of drug-likeness (QED) is 0.847. The van der Waals surface area contributed by atoms with Crippen LogP contribution in [-0.2, 0) is 10.2 Å². The van der Waals surface area contributed by atoms with Crippen molar-refractivity contribution in [2.75, 3.05) is 32.7 Å². The molecule has 0 aromatic rings. The van der Waals surface area contributed by atoms with E-state index in [4.69, 9.17) is 5.73 Å². The second-order valence-corrected chi connectivity index (χ2v) is 8.64. The second kappa shape index (κ2) is 8.11. The van der Waals surface area contributed by atoms with Gasteiger partial charge in [-0.3, -0.25) is 0 Å². The normalized spacial score (nSPS) is 32.6. The molecule has 7 heteroatoms. The van der Waals surface area contributed by atoms with E-state index in [1.807, 2.05) is 0 Å². The summed E-state index contributed by atoms with van der Waals surface area (Å²) in [5.41, 5.74) is 5.61. The summed E-state index contributed by atoms with van der Waals surface area (Å²) in [7, 11) is -3.28. The van der Waals surface area contributed by atoms with Gasteiger partial charge < -0.3 is 5.73 Å². The van der Waals surface area contributed by atoms with Crippen LogP contribution in [0.25, 0.3) is 0 Å². The topological polar surface area (TPSA) is 66.6 Å². The molecule has 0 aromatic carbocycles. The summed E-state index contributed by atoms with van der Waals surface area (Å²) in [6, 6.07) is 0. The van der Waals surface area contributed by atoms with Gasteiger partial charge in [-0.1, -0.05) is 13.8 Å². The fourth-order valence-electron chi connectivity index (χ4n) is 3.67. The molecule has 2 fully saturated rings. The molecule has 0 radical (unpaired) electrons. The minimum atomic E-state index is -3.28. The van der Waals surface area contributed by atoms with Crippen molar-refractivity contribution in [1.82, 2.24) is 8.61 Å². The van der Waals surface area contributed by atoms with Crippen molar-refractivity contribution < 1.29 is 8.42 Å². The van der Waals surface area contributed by atoms with Gasteiger partial charge in [0.05, 0.1) is 0 Å². The van der Waals surface area contributed by atoms with Crippen LogP contribution in [0.2, 0.25) is 0 Å². The highest BCUT2D eigenvalue weighted by Crippen LogP contribution is 2.28. The highest BCUT2D eigenvalue weighted by Gasteiger charge is 2.36. The van der Waals surface area contributed by atoms with Crippen molar-refractivity contribution >= 4 is 22.6 Å². The van der Waals surface area contributed by atoms with Gasteiger partial charge in [0, 0.05) is 26.2 Å². The molecule has 2 N–H and O–H groups in total. The lowest BCUT2D eigenvalue weighted by molar-refractivity contribution is 0.192. The molecule has 5 nitrogen and oxygen atoms in total. The number of hydrogen-bond acceptors (Lipinski definition) is 3. The Bertz CT molecular complexity index is 406. The smallest absolute Gasteiger partial charge is 0.282 e. The Morgan fingerprint density at radius 1 is 1.10 bits per heavy atom. The number of hydrogen-bond donors (Lipinski definition) is 1. The number of nitrogens with two attached hydrogens (primary N) is 1. The van der Waals surface area contributed by atoms with Gasteiger partial charge in [-0.05, 0) is 50.0 Å². The second-order valence-electron chi connectivity index (χ2n) is 6.71. The van der Waals surface area contributed by atoms with Crippen LogP contribution < -0.4 is 5.73 Å². The monoisotopic (exact) mass is 339 g/mol. The van der Waals surface area contributed by atoms with Crippen molar-refractivity contribution in [3.63, 3.8) is 0 Å². The van der Waals surface area contributed by atoms with Gasteiger partial charge in [0.2, 0.25) is 0 Å². The summed E-state index contributed by atoms with van der Waals surface area (Å²) in [6.07, 6.45) is 4.12. The average Bonchev–Trinajstić information content (AvgIpc) is 2.38. The molecule has 0 aliphatic carbocycles. The van der Waals surface area contributed by atoms with Crippen LogP contribution in [0.3, 0.4) is 0 Å². The molecule has 0 bridgehead atoms. The lowest BCUT2D eigenvalue weighted by Crippen LogP contribution is -2.52. The number of rotatable bonds is 4. The minimum absolute atomic E-state index is 0. The van der Waals surface area contributed by atoms with Crippen LogP contribution in [0.5, 0.6) is 0 Å². The fourth-order valence-corrected chi connectivity index (χ4v) is 5.64. The zero-order valence-electron chi connectivity index (χ0n) is 13.2. The fraction of sp³-hybridized carbons (Fsp3) is 1.00. The largest absolute Gasteiger partial charge is 0.330 e. The van der Waals surface area contributed by atoms with Crippen molar-refractivity contribution in [1.29, 1.82) is 0 Å². The molecule has 2 heterocycles. The first kappa shape index (κ1) is 19.2. The average molecular weight is 340 g/mol. The molecule has 3 unspecified atom stereocenters. The molecule has 3 atom stereocenters. The van der Waals surface area contributed by atoms with Crippen LogP contribution in [-0.4, -0.2) is 49.8 Å². The first-order valence-corrected chi connectivity index (χ1v) is 9.28. The van der Waals surface area contributed by atoms with E-state index in [9.17, 15) is 8.42 Å². The third-order valence-electron chi connectivity index (χ3n) is 4.54. The molecule has 0 amide bonds. The first-order chi connectivity index (χ1) is 9.43. The van der Waals surface area contributed by atoms with E-state index in [2.05, 4.69) is 13.8 Å². The Hall–Kier alpha value is 0.120. The van der Waals surface area contributed by atoms with E-state index in [1.165, 1.54) is 0 Å². The van der Waals surface area contributed by atoms with Crippen LogP contribution in [0.1, 0.15) is 39.5 Å². The van der Waals surface area contributed by atoms with Gasteiger partial charge in [-0.2, -0.15) is 17.0 Å². The van der Waals surface area contributed by atoms with E-state index >= 15 is 0 Å². The van der Waals surface area contributed by atoms with Crippen molar-refractivity contribution in [2.45, 2.75) is 39.5 Å². The van der Waals surface area contributed by atoms with Crippen LogP contribution in [0.4, 0.5) is 0 Å². The Labute approximate surface area is 135 Å². The summed E-state index contributed by atoms with van der Waals surface area (Å²) in [4.78, 5) is 0. The molecule has 2 saturated heterocycles. The Morgan fingerprint density at radius 3 is 2.29 bits per heavy atom. The molecule has 2 rings (SSSR count). The third-order valence-corrected chi connectivity index (χ3v) is 6.48. The van der Waals surface area contributed by atoms with E-state index < -0.39 is 10.2 Å². The predicted octanol–water partition coefficient (Wildman–Crippen LogP) is 1.69. The maximum absolute atomic E-state index is 12.8. The molecule has 2 aliphatic heterocycles. The van der Waals surface area contributed by atoms with Crippen molar-refractivity contribution in [3.8, 4) is 0 Å². The Balaban J connectivity index is 0.00000220. The number of halogens is 1. The Morgan fingerprint density at radius 2 is 1.71 bits per heavy atom. The van der Waals surface area contributed by atoms with E-state index in [0.717, 1.165) is 25.7 Å². The van der Waals surface area contributed by atoms with Crippen LogP contribution in [0.15, 0.2) is 0 Å². The summed E-state index contributed by atoms with van der Waals surface area (Å²) < 4.78 is 29.0. The summed E-state index contributed by atoms with van der Waals surface area (Å²) in [6.45, 7) is 7.60. The molecular formula is C14H30ClN3O2S. The SMILES string of the molecule is CC1CC(C)CN(S(=O)(=O)N2CCCC(CCN)C2)C1.Cl. The van der Waals surface area contributed by atoms with E-state index in [-0.39, 0.29) is 12.4 Å². The van der Waals surface area contributed by atoms with Gasteiger partial charge in [0.1, 0.15) is 0 Å². The molecule has 0 saturated carbocycles. The molecule has 0 aromatic heterocycles. The molecule has 126 valence electrons. The summed E-state index contributed by atoms with van der Waals surface area (Å²) in [5.74, 6) is 1.35. The first-order valence-electron chi connectivity index (χ1n) is 7.88. The van der Waals surface area contributed by atoms with Crippen LogP contribution >= 0.6 is 12.4 Å². The standard InChI is InChI=1S/C14H29N3O2S.ClH/c1-12-8-13(2)10-17(9-12)20(18,19)16-7-3-4-14(11-16)5-6-15;/h12-14H,3-11,15H2,1-2H3;1H. The third kappa shape index (κ3) is 4.79. The molecule has 2 aliphatic rings. The van der Waals surface area contributed by atoms with E-state index in [0.29, 0.717) is 50.5 Å². The maximum Gasteiger partial charge on any atom is 0.282 e. The highest BCUT2D eigenvalue weighted by atomic mass is 35.5. The zero-order chi connectivity index (χ0) is 14.8. The van der Waals surface area contributed by atoms with Gasteiger partial charge in [-0.25, -0.2) is 0 Å². The zero-order valence-corrected chi connectivity index (χ0v) is 14.8. The Kier molecular flexibility index (Phi) is 7.40. The van der Waals surface area contributed by atoms with Gasteiger partial charge >= 0.3 is 0 Å². The lowest BCUT2D eigenvalue weighted by atomic mass is 9.94. The number of piperidine rings is 2. The predicted molar refractivity (Wildman–Crippen MR) is 88.7 cm³/mol. The summed E-state index contributed by atoms with van der Waals surface area (Å²) in [5, 5.41) is 0. The molecule has 21 heavy (non-hydrogen) atoms. The van der Waals surface area contributed by atoms with Crippen molar-refractivity contribution in [2.24, 2.45) is 23.5 Å². The number of nitrogens with zero attached hydrogens (tertiary/aromatic N) is 2. The minimum Gasteiger partial charge on any atom is -0.330 e. The van der Waals surface area contributed by atoms with Gasteiger partial charge in [0.15, 0.2) is 0 Å². The maximum atomic E-state index is 12.8. The van der Waals surface area contributed by atoms with Crippen LogP contribution in [0, 0.1) is 17.8 Å². The lowest BCUT2D eigenvalue weighted by Gasteiger charge is -2.39. The van der Waals surface area contributed by atoms with Gasteiger partial charge in [-0.15, -0.1) is 12.4 Å². The van der Waals surface area contributed by atoms with E-state index in [1.54, 1.807) is 8.61 Å².